The van der Waals surface area contributed by atoms with E-state index in [-0.39, 0.29) is 11.7 Å². The van der Waals surface area contributed by atoms with Crippen molar-refractivity contribution in [2.75, 3.05) is 17.1 Å². The van der Waals surface area contributed by atoms with Gasteiger partial charge in [-0.05, 0) is 54.1 Å². The van der Waals surface area contributed by atoms with Crippen LogP contribution in [0.4, 0.5) is 11.4 Å². The summed E-state index contributed by atoms with van der Waals surface area (Å²) in [6.45, 7) is 0. The minimum atomic E-state index is -0.996. The Morgan fingerprint density at radius 1 is 0.744 bits per heavy atom. The minimum Gasteiger partial charge on any atom is -0.493 e. The van der Waals surface area contributed by atoms with Crippen LogP contribution >= 0.6 is 0 Å². The Morgan fingerprint density at radius 2 is 1.36 bits per heavy atom. The number of amides is 2. The molecule has 2 amide bonds. The molecule has 2 heterocycles. The highest BCUT2D eigenvalue weighted by atomic mass is 16.7. The Labute approximate surface area is 224 Å². The van der Waals surface area contributed by atoms with Gasteiger partial charge in [-0.3, -0.25) is 14.4 Å². The second-order valence-electron chi connectivity index (χ2n) is 9.17. The lowest BCUT2D eigenvalue weighted by molar-refractivity contribution is -0.126. The van der Waals surface area contributed by atoms with Crippen molar-refractivity contribution in [2.24, 2.45) is 5.92 Å². The number of hydroxylamine groups is 1. The monoisotopic (exact) mass is 520 g/mol. The van der Waals surface area contributed by atoms with E-state index in [9.17, 15) is 14.4 Å². The van der Waals surface area contributed by atoms with Crippen molar-refractivity contribution in [1.82, 2.24) is 0 Å². The number of hydrogen-bond donors (Lipinski definition) is 0. The largest absolute Gasteiger partial charge is 0.493 e. The molecule has 4 aromatic carbocycles. The van der Waals surface area contributed by atoms with E-state index in [0.29, 0.717) is 28.3 Å². The molecular weight excluding hydrogens is 496 g/mol. The molecule has 2 aliphatic rings. The number of nitrogens with zero attached hydrogens (tertiary/aromatic N) is 2. The number of benzene rings is 4. The molecule has 4 aromatic rings. The first-order chi connectivity index (χ1) is 19.1. The Kier molecular flexibility index (Phi) is 6.30. The van der Waals surface area contributed by atoms with Crippen molar-refractivity contribution in [3.8, 4) is 11.5 Å². The van der Waals surface area contributed by atoms with Gasteiger partial charge in [0.25, 0.3) is 5.91 Å². The zero-order chi connectivity index (χ0) is 26.9. The van der Waals surface area contributed by atoms with Gasteiger partial charge in [0.15, 0.2) is 17.6 Å². The maximum atomic E-state index is 13.8. The van der Waals surface area contributed by atoms with Gasteiger partial charge < -0.3 is 9.47 Å². The van der Waals surface area contributed by atoms with Crippen molar-refractivity contribution in [1.29, 1.82) is 0 Å². The summed E-state index contributed by atoms with van der Waals surface area (Å²) in [4.78, 5) is 47.3. The van der Waals surface area contributed by atoms with E-state index in [2.05, 4.69) is 0 Å². The number of carbonyl (C=O) groups is 3. The number of ether oxygens (including phenoxy) is 2. The lowest BCUT2D eigenvalue weighted by Gasteiger charge is -2.29. The van der Waals surface area contributed by atoms with Crippen LogP contribution in [0.5, 0.6) is 11.5 Å². The summed E-state index contributed by atoms with van der Waals surface area (Å²) in [5.74, 6) is -1.55. The summed E-state index contributed by atoms with van der Waals surface area (Å²) in [7, 11) is 1.48. The van der Waals surface area contributed by atoms with Gasteiger partial charge in [0.2, 0.25) is 5.91 Å². The van der Waals surface area contributed by atoms with Gasteiger partial charge in [-0.1, -0.05) is 60.7 Å². The Bertz CT molecular complexity index is 1530. The van der Waals surface area contributed by atoms with E-state index in [1.807, 2.05) is 42.5 Å². The predicted octanol–water partition coefficient (Wildman–Crippen LogP) is 4.97. The van der Waals surface area contributed by atoms with Crippen LogP contribution in [0, 0.1) is 5.92 Å². The number of imide groups is 1. The van der Waals surface area contributed by atoms with Crippen LogP contribution in [0.3, 0.4) is 0 Å². The van der Waals surface area contributed by atoms with Gasteiger partial charge in [-0.25, -0.2) is 14.8 Å². The summed E-state index contributed by atoms with van der Waals surface area (Å²) in [6, 6.07) is 31.2. The van der Waals surface area contributed by atoms with Crippen LogP contribution in [0.1, 0.15) is 22.0 Å². The van der Waals surface area contributed by atoms with Crippen molar-refractivity contribution in [2.45, 2.75) is 12.1 Å². The van der Waals surface area contributed by atoms with E-state index in [4.69, 9.17) is 14.3 Å². The first-order valence-electron chi connectivity index (χ1n) is 12.5. The predicted molar refractivity (Wildman–Crippen MR) is 143 cm³/mol. The number of methoxy groups -OCH3 is 1. The second kappa shape index (κ2) is 10.1. The molecule has 0 N–H and O–H groups in total. The molecule has 0 bridgehead atoms. The van der Waals surface area contributed by atoms with Gasteiger partial charge in [0, 0.05) is 0 Å². The summed E-state index contributed by atoms with van der Waals surface area (Å²) in [6.07, 6.45) is -0.996. The van der Waals surface area contributed by atoms with Crippen molar-refractivity contribution >= 4 is 29.2 Å². The molecule has 2 fully saturated rings. The zero-order valence-electron chi connectivity index (χ0n) is 21.0. The van der Waals surface area contributed by atoms with Crippen molar-refractivity contribution in [3.63, 3.8) is 0 Å². The number of carbonyl (C=O) groups excluding carboxylic acids is 3. The molecule has 8 nitrogen and oxygen atoms in total. The molecule has 194 valence electrons. The number of esters is 1. The number of para-hydroxylation sites is 2. The first-order valence-corrected chi connectivity index (χ1v) is 12.5. The third kappa shape index (κ3) is 4.30. The lowest BCUT2D eigenvalue weighted by atomic mass is 9.90. The molecule has 0 aromatic heterocycles. The van der Waals surface area contributed by atoms with Gasteiger partial charge in [0.1, 0.15) is 5.92 Å². The summed E-state index contributed by atoms with van der Waals surface area (Å²) >= 11 is 0. The average Bonchev–Trinajstić information content (AvgIpc) is 3.50. The standard InChI is InChI=1S/C31H24N2O6/c1-37-25-19-21(17-18-24(25)38-31(36)20-11-5-2-6-12-20)27-26-28(39-33(27)23-15-9-4-10-16-23)30(35)32(29(26)34)22-13-7-3-8-14-22/h2-19,26-28H,1H3/t26-,27-,28-/m1/s1. The SMILES string of the molecule is COc1cc([C@@H]2[C@H]3C(=O)N(c4ccccc4)C(=O)[C@@H]3ON2c2ccccc2)ccc1OC(=O)c1ccccc1. The molecule has 0 spiro atoms. The van der Waals surface area contributed by atoms with E-state index in [0.717, 1.165) is 0 Å². The van der Waals surface area contributed by atoms with Crippen LogP contribution in [0.15, 0.2) is 109 Å². The van der Waals surface area contributed by atoms with E-state index >= 15 is 0 Å². The number of anilines is 2. The van der Waals surface area contributed by atoms with E-state index in [1.165, 1.54) is 12.0 Å². The minimum absolute atomic E-state index is 0.233. The fourth-order valence-corrected chi connectivity index (χ4v) is 5.07. The number of fused-ring (bicyclic) bond motifs is 1. The van der Waals surface area contributed by atoms with Crippen LogP contribution in [0.25, 0.3) is 0 Å². The zero-order valence-corrected chi connectivity index (χ0v) is 21.0. The Morgan fingerprint density at radius 3 is 2.00 bits per heavy atom. The molecule has 6 rings (SSSR count). The second-order valence-corrected chi connectivity index (χ2v) is 9.17. The smallest absolute Gasteiger partial charge is 0.343 e. The highest BCUT2D eigenvalue weighted by molar-refractivity contribution is 6.23. The summed E-state index contributed by atoms with van der Waals surface area (Å²) in [5, 5.41) is 1.61. The third-order valence-corrected chi connectivity index (χ3v) is 6.88. The quantitative estimate of drug-likeness (QED) is 0.202. The van der Waals surface area contributed by atoms with Crippen LogP contribution in [-0.2, 0) is 14.4 Å². The van der Waals surface area contributed by atoms with Crippen LogP contribution in [-0.4, -0.2) is 31.0 Å². The molecule has 39 heavy (non-hydrogen) atoms. The molecule has 8 heteroatoms. The van der Waals surface area contributed by atoms with Crippen molar-refractivity contribution < 1.29 is 28.7 Å². The third-order valence-electron chi connectivity index (χ3n) is 6.88. The van der Waals surface area contributed by atoms with Gasteiger partial charge in [0.05, 0.1) is 30.1 Å². The fraction of sp³-hybridized carbons (Fsp3) is 0.129. The molecular formula is C31H24N2O6. The summed E-state index contributed by atoms with van der Waals surface area (Å²) in [5.41, 5.74) is 2.26. The van der Waals surface area contributed by atoms with Gasteiger partial charge in [-0.2, -0.15) is 0 Å². The first kappa shape index (κ1) is 24.4. The van der Waals surface area contributed by atoms with Crippen LogP contribution in [0.2, 0.25) is 0 Å². The number of hydrogen-bond acceptors (Lipinski definition) is 7. The van der Waals surface area contributed by atoms with Gasteiger partial charge >= 0.3 is 5.97 Å². The topological polar surface area (TPSA) is 85.4 Å². The van der Waals surface area contributed by atoms with Crippen molar-refractivity contribution in [3.05, 3.63) is 120 Å². The normalized spacial score (nSPS) is 20.2. The van der Waals surface area contributed by atoms with Crippen LogP contribution < -0.4 is 19.4 Å². The lowest BCUT2D eigenvalue weighted by Crippen LogP contribution is -2.37. The highest BCUT2D eigenvalue weighted by Gasteiger charge is 2.60. The molecule has 0 saturated carbocycles. The Hall–Kier alpha value is -4.95. The van der Waals surface area contributed by atoms with E-state index in [1.54, 1.807) is 71.8 Å². The molecule has 3 atom stereocenters. The van der Waals surface area contributed by atoms with E-state index < -0.39 is 29.9 Å². The number of rotatable bonds is 6. The average molecular weight is 521 g/mol. The van der Waals surface area contributed by atoms with Gasteiger partial charge in [-0.15, -0.1) is 0 Å². The highest BCUT2D eigenvalue weighted by Crippen LogP contribution is 2.48. The maximum absolute atomic E-state index is 13.8. The molecule has 2 aliphatic heterocycles. The molecule has 0 aliphatic carbocycles. The molecule has 0 unspecified atom stereocenters. The Balaban J connectivity index is 1.38. The molecule has 0 radical (unpaired) electrons. The summed E-state index contributed by atoms with van der Waals surface area (Å²) < 4.78 is 11.2. The maximum Gasteiger partial charge on any atom is 0.343 e. The fourth-order valence-electron chi connectivity index (χ4n) is 5.07. The molecule has 2 saturated heterocycles.